The topological polar surface area (TPSA) is 58.8 Å². The van der Waals surface area contributed by atoms with Crippen molar-refractivity contribution in [3.05, 3.63) is 34.3 Å². The lowest BCUT2D eigenvalue weighted by molar-refractivity contribution is 0.0671. The first-order valence-electron chi connectivity index (χ1n) is 7.27. The highest BCUT2D eigenvalue weighted by molar-refractivity contribution is 9.10. The number of hydrogen-bond donors (Lipinski definition) is 1. The summed E-state index contributed by atoms with van der Waals surface area (Å²) >= 11 is 3.50. The van der Waals surface area contributed by atoms with Crippen LogP contribution in [0.15, 0.2) is 28.7 Å². The molecule has 1 saturated heterocycles. The molecular formula is C15H22BrN3O2. The minimum absolute atomic E-state index is 0.187. The first-order chi connectivity index (χ1) is 10.2. The molecule has 2 N–H and O–H groups in total. The number of ether oxygens (including phenoxy) is 1. The van der Waals surface area contributed by atoms with Crippen LogP contribution in [-0.4, -0.2) is 55.2 Å². The van der Waals surface area contributed by atoms with E-state index in [1.807, 2.05) is 19.1 Å². The van der Waals surface area contributed by atoms with E-state index in [9.17, 15) is 4.79 Å². The molecule has 1 aliphatic rings. The molecule has 0 aromatic heterocycles. The third-order valence-electron chi connectivity index (χ3n) is 3.74. The van der Waals surface area contributed by atoms with Crippen molar-refractivity contribution in [2.24, 2.45) is 5.73 Å². The molecule has 116 valence electrons. The van der Waals surface area contributed by atoms with E-state index in [4.69, 9.17) is 10.5 Å². The first kappa shape index (κ1) is 16.3. The molecule has 1 heterocycles. The number of nitrogens with zero attached hydrogens (tertiary/aromatic N) is 2. The van der Waals surface area contributed by atoms with Crippen molar-refractivity contribution in [1.29, 1.82) is 0 Å². The Morgan fingerprint density at radius 2 is 2.10 bits per heavy atom. The van der Waals surface area contributed by atoms with Gasteiger partial charge < -0.3 is 15.4 Å². The van der Waals surface area contributed by atoms with Gasteiger partial charge in [-0.2, -0.15) is 0 Å². The molecule has 1 aromatic carbocycles. The number of hydrogen-bond acceptors (Lipinski definition) is 4. The Bertz CT molecular complexity index is 476. The van der Waals surface area contributed by atoms with Crippen molar-refractivity contribution >= 4 is 22.0 Å². The smallest absolute Gasteiger partial charge is 0.409 e. The summed E-state index contributed by atoms with van der Waals surface area (Å²) in [5.41, 5.74) is 7.17. The molecule has 0 saturated carbocycles. The van der Waals surface area contributed by atoms with Gasteiger partial charge in [0.25, 0.3) is 0 Å². The predicted octanol–water partition coefficient (Wildman–Crippen LogP) is 2.22. The van der Waals surface area contributed by atoms with Gasteiger partial charge in [-0.3, -0.25) is 4.90 Å². The van der Waals surface area contributed by atoms with Crippen LogP contribution in [0, 0.1) is 0 Å². The number of halogens is 1. The second-order valence-corrected chi connectivity index (χ2v) is 5.94. The van der Waals surface area contributed by atoms with Crippen LogP contribution in [0.25, 0.3) is 0 Å². The maximum absolute atomic E-state index is 11.7. The first-order valence-corrected chi connectivity index (χ1v) is 8.06. The zero-order chi connectivity index (χ0) is 15.2. The molecule has 1 amide bonds. The SMILES string of the molecule is CCOC(=O)N1CCN(C(CN)c2cccc(Br)c2)CC1. The molecule has 0 radical (unpaired) electrons. The lowest BCUT2D eigenvalue weighted by Gasteiger charge is -2.38. The lowest BCUT2D eigenvalue weighted by Crippen LogP contribution is -2.50. The summed E-state index contributed by atoms with van der Waals surface area (Å²) in [5.74, 6) is 0. The molecule has 1 aliphatic heterocycles. The third kappa shape index (κ3) is 4.18. The lowest BCUT2D eigenvalue weighted by atomic mass is 10.0. The van der Waals surface area contributed by atoms with Gasteiger partial charge in [0.2, 0.25) is 0 Å². The highest BCUT2D eigenvalue weighted by atomic mass is 79.9. The third-order valence-corrected chi connectivity index (χ3v) is 4.23. The second kappa shape index (κ2) is 7.77. The largest absolute Gasteiger partial charge is 0.450 e. The van der Waals surface area contributed by atoms with Gasteiger partial charge in [0.15, 0.2) is 0 Å². The number of piperazine rings is 1. The van der Waals surface area contributed by atoms with Crippen molar-refractivity contribution in [3.63, 3.8) is 0 Å². The second-order valence-electron chi connectivity index (χ2n) is 5.03. The van der Waals surface area contributed by atoms with E-state index in [0.29, 0.717) is 26.2 Å². The number of benzene rings is 1. The Kier molecular flexibility index (Phi) is 6.02. The fraction of sp³-hybridized carbons (Fsp3) is 0.533. The molecule has 0 bridgehead atoms. The van der Waals surface area contributed by atoms with E-state index in [1.54, 1.807) is 4.90 Å². The molecule has 0 spiro atoms. The summed E-state index contributed by atoms with van der Waals surface area (Å²) in [6.07, 6.45) is -0.219. The number of nitrogens with two attached hydrogens (primary N) is 1. The molecule has 1 unspecified atom stereocenters. The summed E-state index contributed by atoms with van der Waals surface area (Å²) in [4.78, 5) is 15.8. The van der Waals surface area contributed by atoms with Crippen molar-refractivity contribution in [3.8, 4) is 0 Å². The minimum Gasteiger partial charge on any atom is -0.450 e. The molecule has 1 atom stereocenters. The average molecular weight is 356 g/mol. The van der Waals surface area contributed by atoms with Gasteiger partial charge in [-0.05, 0) is 24.6 Å². The van der Waals surface area contributed by atoms with Crippen LogP contribution in [0.2, 0.25) is 0 Å². The Morgan fingerprint density at radius 3 is 2.67 bits per heavy atom. The van der Waals surface area contributed by atoms with Crippen LogP contribution in [0.1, 0.15) is 18.5 Å². The zero-order valence-corrected chi connectivity index (χ0v) is 13.9. The van der Waals surface area contributed by atoms with Gasteiger partial charge in [0.05, 0.1) is 6.61 Å². The standard InChI is InChI=1S/C15H22BrN3O2/c1-2-21-15(20)19-8-6-18(7-9-19)14(11-17)12-4-3-5-13(16)10-12/h3-5,10,14H,2,6-9,11,17H2,1H3. The summed E-state index contributed by atoms with van der Waals surface area (Å²) in [6, 6.07) is 8.42. The number of amides is 1. The van der Waals surface area contributed by atoms with Gasteiger partial charge in [-0.25, -0.2) is 4.79 Å². The normalized spacial score (nSPS) is 17.6. The van der Waals surface area contributed by atoms with Crippen LogP contribution in [0.3, 0.4) is 0 Å². The summed E-state index contributed by atoms with van der Waals surface area (Å²) in [6.45, 7) is 5.80. The summed E-state index contributed by atoms with van der Waals surface area (Å²) < 4.78 is 6.10. The van der Waals surface area contributed by atoms with Crippen molar-refractivity contribution in [2.75, 3.05) is 39.3 Å². The monoisotopic (exact) mass is 355 g/mol. The van der Waals surface area contributed by atoms with Crippen molar-refractivity contribution < 1.29 is 9.53 Å². The zero-order valence-electron chi connectivity index (χ0n) is 12.3. The Labute approximate surface area is 134 Å². The van der Waals surface area contributed by atoms with E-state index in [-0.39, 0.29) is 12.1 Å². The summed E-state index contributed by atoms with van der Waals surface area (Å²) in [7, 11) is 0. The van der Waals surface area contributed by atoms with E-state index < -0.39 is 0 Å². The van der Waals surface area contributed by atoms with E-state index >= 15 is 0 Å². The fourth-order valence-corrected chi connectivity index (χ4v) is 3.06. The summed E-state index contributed by atoms with van der Waals surface area (Å²) in [5, 5.41) is 0. The molecule has 2 rings (SSSR count). The van der Waals surface area contributed by atoms with Crippen LogP contribution in [-0.2, 0) is 4.74 Å². The molecule has 1 aromatic rings. The van der Waals surface area contributed by atoms with Gasteiger partial charge in [0, 0.05) is 43.2 Å². The average Bonchev–Trinajstić information content (AvgIpc) is 2.49. The van der Waals surface area contributed by atoms with Crippen LogP contribution in [0.4, 0.5) is 4.79 Å². The van der Waals surface area contributed by atoms with E-state index in [1.165, 1.54) is 5.56 Å². The van der Waals surface area contributed by atoms with Crippen molar-refractivity contribution in [1.82, 2.24) is 9.80 Å². The van der Waals surface area contributed by atoms with Crippen LogP contribution in [0.5, 0.6) is 0 Å². The van der Waals surface area contributed by atoms with Gasteiger partial charge in [-0.15, -0.1) is 0 Å². The van der Waals surface area contributed by atoms with Gasteiger partial charge in [0.1, 0.15) is 0 Å². The Morgan fingerprint density at radius 1 is 1.38 bits per heavy atom. The Balaban J connectivity index is 1.98. The maximum atomic E-state index is 11.7. The predicted molar refractivity (Wildman–Crippen MR) is 86.1 cm³/mol. The van der Waals surface area contributed by atoms with Gasteiger partial charge in [-0.1, -0.05) is 28.1 Å². The molecule has 6 heteroatoms. The van der Waals surface area contributed by atoms with Crippen LogP contribution < -0.4 is 5.73 Å². The van der Waals surface area contributed by atoms with E-state index in [0.717, 1.165) is 17.6 Å². The molecule has 21 heavy (non-hydrogen) atoms. The maximum Gasteiger partial charge on any atom is 0.409 e. The highest BCUT2D eigenvalue weighted by Gasteiger charge is 2.26. The fourth-order valence-electron chi connectivity index (χ4n) is 2.64. The number of carbonyl (C=O) groups is 1. The minimum atomic E-state index is -0.219. The van der Waals surface area contributed by atoms with Crippen LogP contribution >= 0.6 is 15.9 Å². The molecular weight excluding hydrogens is 334 g/mol. The number of rotatable bonds is 4. The van der Waals surface area contributed by atoms with Crippen molar-refractivity contribution in [2.45, 2.75) is 13.0 Å². The highest BCUT2D eigenvalue weighted by Crippen LogP contribution is 2.24. The molecule has 0 aliphatic carbocycles. The molecule has 1 fully saturated rings. The van der Waals surface area contributed by atoms with Gasteiger partial charge >= 0.3 is 6.09 Å². The molecule has 5 nitrogen and oxygen atoms in total. The van der Waals surface area contributed by atoms with E-state index in [2.05, 4.69) is 33.0 Å². The Hall–Kier alpha value is -1.11. The number of carbonyl (C=O) groups excluding carboxylic acids is 1. The quantitative estimate of drug-likeness (QED) is 0.899.